The Bertz CT molecular complexity index is 1070. The van der Waals surface area contributed by atoms with Crippen molar-refractivity contribution >= 4 is 11.6 Å². The first kappa shape index (κ1) is 17.1. The lowest BCUT2D eigenvalue weighted by atomic mass is 9.80. The van der Waals surface area contributed by atoms with E-state index >= 15 is 0 Å². The maximum absolute atomic E-state index is 13.2. The number of rotatable bonds is 1. The van der Waals surface area contributed by atoms with Crippen molar-refractivity contribution in [3.63, 3.8) is 0 Å². The standard InChI is InChI=1S/C21H18O7/c1-21-5-3-4-12(27-21)17-14(28-21)8-11-16(20(17)25)19(24)15-10(18(11)23)6-9(22)7-13(15)26-2/h6-8,12,22,25H,3-5H2,1-2H3. The van der Waals surface area contributed by atoms with Gasteiger partial charge in [0.15, 0.2) is 5.78 Å². The molecule has 5 rings (SSSR count). The number of carbonyl (C=O) groups excluding carboxylic acids is 2. The molecule has 2 aliphatic heterocycles. The molecule has 3 aliphatic rings. The molecule has 2 aromatic rings. The van der Waals surface area contributed by atoms with Gasteiger partial charge in [-0.3, -0.25) is 9.59 Å². The first-order valence-corrected chi connectivity index (χ1v) is 9.10. The normalized spacial score (nSPS) is 24.7. The van der Waals surface area contributed by atoms with Gasteiger partial charge in [0, 0.05) is 30.5 Å². The molecule has 7 heteroatoms. The Morgan fingerprint density at radius 2 is 1.86 bits per heavy atom. The zero-order chi connectivity index (χ0) is 19.8. The fourth-order valence-corrected chi connectivity index (χ4v) is 4.45. The van der Waals surface area contributed by atoms with Crippen LogP contribution in [-0.2, 0) is 4.74 Å². The number of hydrogen-bond donors (Lipinski definition) is 2. The van der Waals surface area contributed by atoms with Crippen molar-refractivity contribution in [1.82, 2.24) is 0 Å². The van der Waals surface area contributed by atoms with Gasteiger partial charge >= 0.3 is 0 Å². The number of methoxy groups -OCH3 is 1. The third-order valence-corrected chi connectivity index (χ3v) is 5.69. The van der Waals surface area contributed by atoms with E-state index in [1.54, 1.807) is 0 Å². The molecule has 1 fully saturated rings. The van der Waals surface area contributed by atoms with E-state index in [9.17, 15) is 19.8 Å². The molecule has 1 saturated heterocycles. The summed E-state index contributed by atoms with van der Waals surface area (Å²) in [6, 6.07) is 4.00. The summed E-state index contributed by atoms with van der Waals surface area (Å²) in [6.07, 6.45) is 1.84. The zero-order valence-corrected chi connectivity index (χ0v) is 15.4. The van der Waals surface area contributed by atoms with E-state index in [0.717, 1.165) is 6.42 Å². The minimum Gasteiger partial charge on any atom is -0.508 e. The number of aromatic hydroxyl groups is 2. The summed E-state index contributed by atoms with van der Waals surface area (Å²) in [7, 11) is 1.35. The van der Waals surface area contributed by atoms with Crippen molar-refractivity contribution in [2.45, 2.75) is 38.1 Å². The highest BCUT2D eigenvalue weighted by atomic mass is 16.7. The van der Waals surface area contributed by atoms with Crippen LogP contribution in [-0.4, -0.2) is 34.7 Å². The molecule has 144 valence electrons. The molecular formula is C21H18O7. The molecule has 0 spiro atoms. The number of fused-ring (bicyclic) bond motifs is 6. The Morgan fingerprint density at radius 1 is 1.11 bits per heavy atom. The molecule has 0 radical (unpaired) electrons. The topological polar surface area (TPSA) is 102 Å². The Balaban J connectivity index is 1.77. The summed E-state index contributed by atoms with van der Waals surface area (Å²) >= 11 is 0. The van der Waals surface area contributed by atoms with Gasteiger partial charge in [-0.15, -0.1) is 0 Å². The molecular weight excluding hydrogens is 364 g/mol. The van der Waals surface area contributed by atoms with Gasteiger partial charge in [0.05, 0.1) is 29.9 Å². The lowest BCUT2D eigenvalue weighted by Crippen LogP contribution is -2.44. The first-order valence-electron chi connectivity index (χ1n) is 9.10. The minimum atomic E-state index is -0.822. The Hall–Kier alpha value is -3.06. The number of hydrogen-bond acceptors (Lipinski definition) is 7. The van der Waals surface area contributed by atoms with Crippen LogP contribution >= 0.6 is 0 Å². The van der Waals surface area contributed by atoms with Crippen molar-refractivity contribution < 1.29 is 34.0 Å². The Labute approximate surface area is 160 Å². The molecule has 7 nitrogen and oxygen atoms in total. The molecule has 1 aliphatic carbocycles. The Morgan fingerprint density at radius 3 is 2.61 bits per heavy atom. The summed E-state index contributed by atoms with van der Waals surface area (Å²) in [4.78, 5) is 26.4. The highest BCUT2D eigenvalue weighted by Crippen LogP contribution is 2.53. The van der Waals surface area contributed by atoms with Crippen molar-refractivity contribution in [2.24, 2.45) is 0 Å². The van der Waals surface area contributed by atoms with E-state index in [1.165, 1.54) is 25.3 Å². The second-order valence-electron chi connectivity index (χ2n) is 7.52. The van der Waals surface area contributed by atoms with Crippen LogP contribution in [0.2, 0.25) is 0 Å². The summed E-state index contributed by atoms with van der Waals surface area (Å²) in [5, 5.41) is 20.9. The average molecular weight is 382 g/mol. The van der Waals surface area contributed by atoms with Gasteiger partial charge < -0.3 is 24.4 Å². The Kier molecular flexibility index (Phi) is 3.34. The van der Waals surface area contributed by atoms with Crippen molar-refractivity contribution in [3.05, 3.63) is 46.0 Å². The minimum absolute atomic E-state index is 0.0270. The average Bonchev–Trinajstić information content (AvgIpc) is 2.64. The molecule has 0 amide bonds. The van der Waals surface area contributed by atoms with E-state index in [-0.39, 0.29) is 39.5 Å². The molecule has 2 heterocycles. The number of carbonyl (C=O) groups is 2. The molecule has 2 bridgehead atoms. The number of phenolic OH excluding ortho intramolecular Hbond substituents is 2. The van der Waals surface area contributed by atoms with Gasteiger partial charge in [-0.05, 0) is 25.0 Å². The molecule has 0 aromatic heterocycles. The molecule has 2 aromatic carbocycles. The van der Waals surface area contributed by atoms with Crippen molar-refractivity contribution in [2.75, 3.05) is 7.11 Å². The zero-order valence-electron chi connectivity index (χ0n) is 15.4. The van der Waals surface area contributed by atoms with Crippen LogP contribution in [0.5, 0.6) is 23.0 Å². The van der Waals surface area contributed by atoms with Gasteiger partial charge in [-0.1, -0.05) is 0 Å². The predicted octanol–water partition coefficient (Wildman–Crippen LogP) is 3.23. The highest BCUT2D eigenvalue weighted by Gasteiger charge is 2.46. The van der Waals surface area contributed by atoms with Crippen molar-refractivity contribution in [3.8, 4) is 23.0 Å². The predicted molar refractivity (Wildman–Crippen MR) is 96.3 cm³/mol. The van der Waals surface area contributed by atoms with Gasteiger partial charge in [-0.2, -0.15) is 0 Å². The van der Waals surface area contributed by atoms with Gasteiger partial charge in [0.25, 0.3) is 0 Å². The second-order valence-corrected chi connectivity index (χ2v) is 7.52. The lowest BCUT2D eigenvalue weighted by Gasteiger charge is -2.44. The smallest absolute Gasteiger partial charge is 0.208 e. The maximum Gasteiger partial charge on any atom is 0.208 e. The van der Waals surface area contributed by atoms with E-state index in [0.29, 0.717) is 24.2 Å². The quantitative estimate of drug-likeness (QED) is 0.666. The van der Waals surface area contributed by atoms with Gasteiger partial charge in [0.1, 0.15) is 23.0 Å². The fraction of sp³-hybridized carbons (Fsp3) is 0.333. The second kappa shape index (κ2) is 5.48. The molecule has 0 saturated carbocycles. The van der Waals surface area contributed by atoms with E-state index in [2.05, 4.69) is 0 Å². The maximum atomic E-state index is 13.2. The number of ether oxygens (including phenoxy) is 3. The van der Waals surface area contributed by atoms with Crippen LogP contribution in [0.4, 0.5) is 0 Å². The molecule has 2 unspecified atom stereocenters. The van der Waals surface area contributed by atoms with Crippen LogP contribution in [0.3, 0.4) is 0 Å². The van der Waals surface area contributed by atoms with Crippen LogP contribution in [0, 0.1) is 0 Å². The van der Waals surface area contributed by atoms with Gasteiger partial charge in [0.2, 0.25) is 11.6 Å². The summed E-state index contributed by atoms with van der Waals surface area (Å²) in [5.74, 6) is -1.89. The highest BCUT2D eigenvalue weighted by molar-refractivity contribution is 6.30. The van der Waals surface area contributed by atoms with E-state index in [4.69, 9.17) is 14.2 Å². The van der Waals surface area contributed by atoms with Gasteiger partial charge in [-0.25, -0.2) is 0 Å². The molecule has 2 N–H and O–H groups in total. The number of phenols is 2. The summed E-state index contributed by atoms with van der Waals surface area (Å²) < 4.78 is 17.1. The lowest BCUT2D eigenvalue weighted by molar-refractivity contribution is -0.243. The largest absolute Gasteiger partial charge is 0.508 e. The van der Waals surface area contributed by atoms with Crippen LogP contribution < -0.4 is 9.47 Å². The van der Waals surface area contributed by atoms with Crippen LogP contribution in [0.15, 0.2) is 18.2 Å². The van der Waals surface area contributed by atoms with Crippen LogP contribution in [0.1, 0.15) is 69.7 Å². The summed E-state index contributed by atoms with van der Waals surface area (Å²) in [6.45, 7) is 1.82. The summed E-state index contributed by atoms with van der Waals surface area (Å²) in [5.41, 5.74) is 0.427. The molecule has 28 heavy (non-hydrogen) atoms. The number of benzene rings is 2. The third-order valence-electron chi connectivity index (χ3n) is 5.69. The first-order chi connectivity index (χ1) is 13.3. The van der Waals surface area contributed by atoms with E-state index in [1.807, 2.05) is 6.92 Å². The molecule has 2 atom stereocenters. The van der Waals surface area contributed by atoms with Crippen LogP contribution in [0.25, 0.3) is 0 Å². The SMILES string of the molecule is COc1cc(O)cc2c1C(=O)c1c(cc3c(c1O)C1CCCC(C)(O3)O1)C2=O. The van der Waals surface area contributed by atoms with Crippen molar-refractivity contribution in [1.29, 1.82) is 0 Å². The fourth-order valence-electron chi connectivity index (χ4n) is 4.45. The van der Waals surface area contributed by atoms with E-state index < -0.39 is 23.5 Å². The third kappa shape index (κ3) is 2.13. The monoisotopic (exact) mass is 382 g/mol. The number of ketones is 2.